The SMILES string of the molecule is CN(CCCCOc1cc(C(N)=O)cc(-c2cnc(Cl)nc2)c1[N+](=O)[O-])C(=O)O. The summed E-state index contributed by atoms with van der Waals surface area (Å²) in [6.07, 6.45) is 2.45. The van der Waals surface area contributed by atoms with Gasteiger partial charge in [-0.25, -0.2) is 14.8 Å². The van der Waals surface area contributed by atoms with E-state index in [1.807, 2.05) is 0 Å². The fourth-order valence-corrected chi connectivity index (χ4v) is 2.55. The Bertz CT molecular complexity index is 921. The molecule has 29 heavy (non-hydrogen) atoms. The number of carbonyl (C=O) groups excluding carboxylic acids is 1. The van der Waals surface area contributed by atoms with Crippen LogP contribution >= 0.6 is 11.6 Å². The zero-order valence-corrected chi connectivity index (χ0v) is 16.1. The minimum atomic E-state index is -1.05. The monoisotopic (exact) mass is 423 g/mol. The van der Waals surface area contributed by atoms with Crippen LogP contribution in [0.15, 0.2) is 24.5 Å². The number of nitrogens with zero attached hydrogens (tertiary/aromatic N) is 4. The third-order valence-corrected chi connectivity index (χ3v) is 4.14. The Labute approximate surface area is 170 Å². The van der Waals surface area contributed by atoms with E-state index in [2.05, 4.69) is 9.97 Å². The molecule has 154 valence electrons. The average Bonchev–Trinajstić information content (AvgIpc) is 2.67. The standard InChI is InChI=1S/C17H18ClN5O6/c1-22(17(25)26)4-2-3-5-29-13-7-10(15(19)24)6-12(14(13)23(27)28)11-8-20-16(18)21-9-11/h6-9H,2-5H2,1H3,(H2,19,24)(H,25,26). The molecule has 12 heteroatoms. The topological polar surface area (TPSA) is 162 Å². The Hall–Kier alpha value is -3.47. The highest BCUT2D eigenvalue weighted by Gasteiger charge is 2.25. The highest BCUT2D eigenvalue weighted by Crippen LogP contribution is 2.39. The van der Waals surface area contributed by atoms with Crippen LogP contribution in [-0.4, -0.2) is 57.1 Å². The van der Waals surface area contributed by atoms with E-state index in [1.54, 1.807) is 0 Å². The normalized spacial score (nSPS) is 10.4. The summed E-state index contributed by atoms with van der Waals surface area (Å²) in [5.41, 5.74) is 5.30. The molecular weight excluding hydrogens is 406 g/mol. The molecule has 0 aliphatic heterocycles. The van der Waals surface area contributed by atoms with Crippen LogP contribution in [0.3, 0.4) is 0 Å². The molecule has 3 N–H and O–H groups in total. The molecule has 2 rings (SSSR count). The molecule has 0 saturated heterocycles. The van der Waals surface area contributed by atoms with Crippen molar-refractivity contribution in [2.24, 2.45) is 5.73 Å². The van der Waals surface area contributed by atoms with Gasteiger partial charge in [0, 0.05) is 43.2 Å². The minimum Gasteiger partial charge on any atom is -0.487 e. The molecule has 0 bridgehead atoms. The van der Waals surface area contributed by atoms with Crippen molar-refractivity contribution in [2.45, 2.75) is 12.8 Å². The van der Waals surface area contributed by atoms with E-state index in [4.69, 9.17) is 27.2 Å². The molecule has 11 nitrogen and oxygen atoms in total. The fourth-order valence-electron chi connectivity index (χ4n) is 2.45. The van der Waals surface area contributed by atoms with Gasteiger partial charge in [0.05, 0.1) is 17.1 Å². The molecule has 0 unspecified atom stereocenters. The maximum Gasteiger partial charge on any atom is 0.407 e. The van der Waals surface area contributed by atoms with Crippen molar-refractivity contribution in [1.29, 1.82) is 0 Å². The van der Waals surface area contributed by atoms with Gasteiger partial charge in [-0.05, 0) is 30.5 Å². The number of aromatic nitrogens is 2. The van der Waals surface area contributed by atoms with Gasteiger partial charge in [-0.3, -0.25) is 14.9 Å². The second kappa shape index (κ2) is 9.64. The van der Waals surface area contributed by atoms with E-state index < -0.39 is 16.9 Å². The van der Waals surface area contributed by atoms with E-state index >= 15 is 0 Å². The molecule has 0 aliphatic rings. The van der Waals surface area contributed by atoms with Gasteiger partial charge in [-0.15, -0.1) is 0 Å². The predicted octanol–water partition coefficient (Wildman–Crippen LogP) is 2.57. The van der Waals surface area contributed by atoms with E-state index in [9.17, 15) is 19.7 Å². The fraction of sp³-hybridized carbons (Fsp3) is 0.294. The second-order valence-corrected chi connectivity index (χ2v) is 6.33. The van der Waals surface area contributed by atoms with Crippen molar-refractivity contribution in [3.05, 3.63) is 45.5 Å². The first-order chi connectivity index (χ1) is 13.7. The first-order valence-electron chi connectivity index (χ1n) is 8.37. The van der Waals surface area contributed by atoms with Gasteiger partial charge in [0.1, 0.15) is 0 Å². The molecule has 2 aromatic rings. The lowest BCUT2D eigenvalue weighted by Gasteiger charge is -2.14. The van der Waals surface area contributed by atoms with Crippen molar-refractivity contribution >= 4 is 29.3 Å². The van der Waals surface area contributed by atoms with E-state index in [0.717, 1.165) is 4.90 Å². The number of ether oxygens (including phenoxy) is 1. The van der Waals surface area contributed by atoms with Crippen LogP contribution in [0.5, 0.6) is 5.75 Å². The van der Waals surface area contributed by atoms with Gasteiger partial charge >= 0.3 is 11.8 Å². The second-order valence-electron chi connectivity index (χ2n) is 5.99. The van der Waals surface area contributed by atoms with Crippen LogP contribution in [0.1, 0.15) is 23.2 Å². The lowest BCUT2D eigenvalue weighted by molar-refractivity contribution is -0.385. The molecule has 1 heterocycles. The first kappa shape index (κ1) is 21.8. The van der Waals surface area contributed by atoms with Gasteiger partial charge in [-0.1, -0.05) is 0 Å². The van der Waals surface area contributed by atoms with Crippen LogP contribution in [0.4, 0.5) is 10.5 Å². The molecule has 2 amide bonds. The number of nitro benzene ring substituents is 1. The van der Waals surface area contributed by atoms with Crippen molar-refractivity contribution in [2.75, 3.05) is 20.2 Å². The number of unbranched alkanes of at least 4 members (excludes halogenated alkanes) is 1. The smallest absolute Gasteiger partial charge is 0.407 e. The molecule has 0 aliphatic carbocycles. The number of nitrogens with two attached hydrogens (primary N) is 1. The molecule has 0 fully saturated rings. The van der Waals surface area contributed by atoms with Gasteiger partial charge in [0.25, 0.3) is 0 Å². The van der Waals surface area contributed by atoms with Crippen LogP contribution in [0.25, 0.3) is 11.1 Å². The van der Waals surface area contributed by atoms with Crippen LogP contribution in [-0.2, 0) is 0 Å². The molecule has 1 aromatic carbocycles. The zero-order chi connectivity index (χ0) is 21.6. The number of carbonyl (C=O) groups is 2. The van der Waals surface area contributed by atoms with Crippen molar-refractivity contribution in [3.63, 3.8) is 0 Å². The van der Waals surface area contributed by atoms with E-state index in [0.29, 0.717) is 12.8 Å². The predicted molar refractivity (Wildman–Crippen MR) is 103 cm³/mol. The highest BCUT2D eigenvalue weighted by molar-refractivity contribution is 6.28. The number of halogens is 1. The number of carboxylic acid groups (broad SMARTS) is 1. The number of primary amides is 1. The number of hydrogen-bond donors (Lipinski definition) is 2. The maximum absolute atomic E-state index is 11.7. The Balaban J connectivity index is 2.30. The summed E-state index contributed by atoms with van der Waals surface area (Å²) >= 11 is 5.66. The summed E-state index contributed by atoms with van der Waals surface area (Å²) in [5.74, 6) is -0.924. The number of nitro groups is 1. The first-order valence-corrected chi connectivity index (χ1v) is 8.75. The average molecular weight is 424 g/mol. The molecule has 0 atom stereocenters. The number of hydrogen-bond acceptors (Lipinski definition) is 7. The summed E-state index contributed by atoms with van der Waals surface area (Å²) in [5, 5.41) is 20.5. The lowest BCUT2D eigenvalue weighted by atomic mass is 10.0. The van der Waals surface area contributed by atoms with E-state index in [1.165, 1.54) is 31.6 Å². The quantitative estimate of drug-likeness (QED) is 0.269. The Morgan fingerprint density at radius 2 is 1.97 bits per heavy atom. The Morgan fingerprint density at radius 3 is 2.52 bits per heavy atom. The van der Waals surface area contributed by atoms with Crippen LogP contribution < -0.4 is 10.5 Å². The van der Waals surface area contributed by atoms with Gasteiger partial charge < -0.3 is 20.5 Å². The largest absolute Gasteiger partial charge is 0.487 e. The summed E-state index contributed by atoms with van der Waals surface area (Å²) in [6.45, 7) is 0.364. The molecular formula is C17H18ClN5O6. The number of rotatable bonds is 9. The van der Waals surface area contributed by atoms with Crippen LogP contribution in [0.2, 0.25) is 5.28 Å². The minimum absolute atomic E-state index is 0.0150. The van der Waals surface area contributed by atoms with Crippen molar-refractivity contribution in [3.8, 4) is 16.9 Å². The Morgan fingerprint density at radius 1 is 1.31 bits per heavy atom. The van der Waals surface area contributed by atoms with Crippen molar-refractivity contribution in [1.82, 2.24) is 14.9 Å². The summed E-state index contributed by atoms with van der Waals surface area (Å²) in [4.78, 5) is 42.2. The van der Waals surface area contributed by atoms with Gasteiger partial charge in [0.2, 0.25) is 11.2 Å². The molecule has 0 spiro atoms. The zero-order valence-electron chi connectivity index (χ0n) is 15.4. The lowest BCUT2D eigenvalue weighted by Crippen LogP contribution is -2.25. The third kappa shape index (κ3) is 5.75. The summed E-state index contributed by atoms with van der Waals surface area (Å²) < 4.78 is 5.54. The Kier molecular flexibility index (Phi) is 7.26. The maximum atomic E-state index is 11.7. The molecule has 0 radical (unpaired) electrons. The highest BCUT2D eigenvalue weighted by atomic mass is 35.5. The summed E-state index contributed by atoms with van der Waals surface area (Å²) in [7, 11) is 1.44. The van der Waals surface area contributed by atoms with Gasteiger partial charge in [-0.2, -0.15) is 0 Å². The summed E-state index contributed by atoms with van der Waals surface area (Å²) in [6, 6.07) is 2.46. The van der Waals surface area contributed by atoms with Crippen molar-refractivity contribution < 1.29 is 24.4 Å². The third-order valence-electron chi connectivity index (χ3n) is 3.95. The van der Waals surface area contributed by atoms with Gasteiger partial charge in [0.15, 0.2) is 5.75 Å². The molecule has 1 aromatic heterocycles. The van der Waals surface area contributed by atoms with Crippen LogP contribution in [0, 0.1) is 10.1 Å². The van der Waals surface area contributed by atoms with E-state index in [-0.39, 0.29) is 46.6 Å². The number of amides is 2. The molecule has 0 saturated carbocycles. The number of benzene rings is 1.